The van der Waals surface area contributed by atoms with Crippen LogP contribution in [0.15, 0.2) is 0 Å². The van der Waals surface area contributed by atoms with Crippen molar-refractivity contribution < 1.29 is 5.11 Å². The Morgan fingerprint density at radius 1 is 1.44 bits per heavy atom. The van der Waals surface area contributed by atoms with Crippen LogP contribution in [-0.2, 0) is 5.11 Å². The van der Waals surface area contributed by atoms with Crippen molar-refractivity contribution in [2.45, 2.75) is 36.1 Å². The summed E-state index contributed by atoms with van der Waals surface area (Å²) in [6, 6.07) is 0. The molecule has 0 aliphatic heterocycles. The molecule has 1 radical (unpaired) electrons. The number of hydrogen-bond donors (Lipinski definition) is 0. The molecule has 1 aliphatic rings. The zero-order chi connectivity index (χ0) is 6.91. The van der Waals surface area contributed by atoms with E-state index in [-0.39, 0.29) is 5.38 Å². The van der Waals surface area contributed by atoms with Crippen LogP contribution in [0.25, 0.3) is 0 Å². The lowest BCUT2D eigenvalue weighted by molar-refractivity contribution is 0.0197. The van der Waals surface area contributed by atoms with Gasteiger partial charge in [0.05, 0.1) is 5.38 Å². The van der Waals surface area contributed by atoms with Gasteiger partial charge in [0.2, 0.25) is 0 Å². The Labute approximate surface area is 65.0 Å². The smallest absolute Gasteiger partial charge is 0.192 e. The van der Waals surface area contributed by atoms with Gasteiger partial charge < -0.3 is 0 Å². The third-order valence-electron chi connectivity index (χ3n) is 1.69. The highest BCUT2D eigenvalue weighted by Gasteiger charge is 2.37. The molecule has 2 unspecified atom stereocenters. The molecule has 0 heterocycles. The third kappa shape index (κ3) is 1.73. The average molecular weight is 168 g/mol. The molecule has 1 aliphatic carbocycles. The van der Waals surface area contributed by atoms with Gasteiger partial charge in [-0.3, -0.25) is 0 Å². The van der Waals surface area contributed by atoms with E-state index >= 15 is 0 Å². The number of rotatable bonds is 0. The maximum Gasteiger partial charge on any atom is 0.192 e. The van der Waals surface area contributed by atoms with Gasteiger partial charge in [0.1, 0.15) is 0 Å². The van der Waals surface area contributed by atoms with Crippen molar-refractivity contribution in [1.29, 1.82) is 0 Å². The van der Waals surface area contributed by atoms with E-state index in [1.54, 1.807) is 0 Å². The summed E-state index contributed by atoms with van der Waals surface area (Å²) in [4.78, 5) is 0. The normalized spacial score (nSPS) is 45.0. The van der Waals surface area contributed by atoms with Crippen molar-refractivity contribution in [1.82, 2.24) is 0 Å². The van der Waals surface area contributed by atoms with Gasteiger partial charge in [-0.2, -0.15) is 0 Å². The maximum atomic E-state index is 11.1. The minimum absolute atomic E-state index is 0.368. The lowest BCUT2D eigenvalue weighted by Crippen LogP contribution is -2.34. The van der Waals surface area contributed by atoms with Crippen molar-refractivity contribution >= 4 is 23.2 Å². The van der Waals surface area contributed by atoms with Crippen molar-refractivity contribution in [3.05, 3.63) is 0 Å². The molecule has 0 aromatic rings. The topological polar surface area (TPSA) is 19.9 Å². The molecule has 53 valence electrons. The van der Waals surface area contributed by atoms with Crippen LogP contribution >= 0.6 is 23.2 Å². The Kier molecular flexibility index (Phi) is 2.25. The molecule has 0 saturated heterocycles. The summed E-state index contributed by atoms with van der Waals surface area (Å²) in [5.74, 6) is 0. The van der Waals surface area contributed by atoms with Gasteiger partial charge in [-0.1, -0.05) is 18.0 Å². The molecule has 1 rings (SSSR count). The van der Waals surface area contributed by atoms with Gasteiger partial charge in [-0.25, -0.2) is 5.11 Å². The first kappa shape index (κ1) is 7.64. The molecular formula is C6H9Cl2O. The SMILES string of the molecule is [O]C1(Cl)CCCCC1Cl. The summed E-state index contributed by atoms with van der Waals surface area (Å²) < 4.78 is 0. The summed E-state index contributed by atoms with van der Waals surface area (Å²) >= 11 is 11.2. The quantitative estimate of drug-likeness (QED) is 0.495. The van der Waals surface area contributed by atoms with E-state index in [9.17, 15) is 5.11 Å². The number of hydrogen-bond acceptors (Lipinski definition) is 0. The molecule has 9 heavy (non-hydrogen) atoms. The van der Waals surface area contributed by atoms with Gasteiger partial charge in [0.15, 0.2) is 5.06 Å². The van der Waals surface area contributed by atoms with Gasteiger partial charge in [0, 0.05) is 0 Å². The highest BCUT2D eigenvalue weighted by molar-refractivity contribution is 6.31. The molecule has 1 saturated carbocycles. The van der Waals surface area contributed by atoms with Crippen LogP contribution in [0.5, 0.6) is 0 Å². The highest BCUT2D eigenvalue weighted by Crippen LogP contribution is 2.35. The van der Waals surface area contributed by atoms with Crippen LogP contribution in [0, 0.1) is 0 Å². The van der Waals surface area contributed by atoms with Gasteiger partial charge >= 0.3 is 0 Å². The molecule has 0 spiro atoms. The number of halogens is 2. The van der Waals surface area contributed by atoms with E-state index < -0.39 is 5.06 Å². The third-order valence-corrected chi connectivity index (χ3v) is 2.83. The molecule has 0 aromatic heterocycles. The standard InChI is InChI=1S/C6H9Cl2O/c7-5-3-1-2-4-6(5,8)9/h5H,1-4H2. The summed E-state index contributed by atoms with van der Waals surface area (Å²) in [6.45, 7) is 0. The first-order valence-corrected chi connectivity index (χ1v) is 3.98. The van der Waals surface area contributed by atoms with E-state index in [0.717, 1.165) is 19.3 Å². The van der Waals surface area contributed by atoms with E-state index in [0.29, 0.717) is 6.42 Å². The average Bonchev–Trinajstić information content (AvgIpc) is 1.77. The lowest BCUT2D eigenvalue weighted by atomic mass is 9.97. The molecule has 3 heteroatoms. The van der Waals surface area contributed by atoms with Crippen molar-refractivity contribution in [3.63, 3.8) is 0 Å². The van der Waals surface area contributed by atoms with Gasteiger partial charge in [-0.05, 0) is 19.3 Å². The molecule has 2 atom stereocenters. The largest absolute Gasteiger partial charge is 0.210 e. The molecule has 1 fully saturated rings. The number of alkyl halides is 2. The Hall–Kier alpha value is 0.540. The maximum absolute atomic E-state index is 11.1. The second-order valence-electron chi connectivity index (χ2n) is 2.50. The Balaban J connectivity index is 2.49. The fourth-order valence-electron chi connectivity index (χ4n) is 1.06. The summed E-state index contributed by atoms with van der Waals surface area (Å²) in [5, 5.41) is 9.34. The summed E-state index contributed by atoms with van der Waals surface area (Å²) in [7, 11) is 0. The zero-order valence-corrected chi connectivity index (χ0v) is 6.58. The van der Waals surface area contributed by atoms with Crippen LogP contribution in [-0.4, -0.2) is 10.4 Å². The predicted octanol–water partition coefficient (Wildman–Crippen LogP) is 2.53. The lowest BCUT2D eigenvalue weighted by Gasteiger charge is -2.27. The fraction of sp³-hybridized carbons (Fsp3) is 1.00. The van der Waals surface area contributed by atoms with E-state index in [1.807, 2.05) is 0 Å². The molecule has 0 amide bonds. The van der Waals surface area contributed by atoms with Gasteiger partial charge in [-0.15, -0.1) is 11.6 Å². The second-order valence-corrected chi connectivity index (χ2v) is 3.67. The Bertz CT molecular complexity index is 103. The van der Waals surface area contributed by atoms with Gasteiger partial charge in [0.25, 0.3) is 0 Å². The minimum atomic E-state index is -1.38. The van der Waals surface area contributed by atoms with Crippen molar-refractivity contribution in [2.24, 2.45) is 0 Å². The molecule has 1 nitrogen and oxygen atoms in total. The van der Waals surface area contributed by atoms with Crippen molar-refractivity contribution in [3.8, 4) is 0 Å². The summed E-state index contributed by atoms with van der Waals surface area (Å²) in [6.07, 6.45) is 3.26. The van der Waals surface area contributed by atoms with E-state index in [1.165, 1.54) is 0 Å². The molecule has 0 bridgehead atoms. The Morgan fingerprint density at radius 3 is 2.44 bits per heavy atom. The van der Waals surface area contributed by atoms with Crippen LogP contribution in [0.3, 0.4) is 0 Å². The molecule has 0 aromatic carbocycles. The van der Waals surface area contributed by atoms with E-state index in [2.05, 4.69) is 0 Å². The second kappa shape index (κ2) is 2.65. The monoisotopic (exact) mass is 167 g/mol. The fourth-order valence-corrected chi connectivity index (χ4v) is 1.57. The minimum Gasteiger partial charge on any atom is -0.210 e. The first-order chi connectivity index (χ1) is 4.13. The molecular weight excluding hydrogens is 159 g/mol. The zero-order valence-electron chi connectivity index (χ0n) is 5.07. The van der Waals surface area contributed by atoms with Crippen LogP contribution in [0.4, 0.5) is 0 Å². The van der Waals surface area contributed by atoms with E-state index in [4.69, 9.17) is 23.2 Å². The van der Waals surface area contributed by atoms with Crippen LogP contribution in [0.1, 0.15) is 25.7 Å². The highest BCUT2D eigenvalue weighted by atomic mass is 35.5. The van der Waals surface area contributed by atoms with Crippen LogP contribution < -0.4 is 0 Å². The molecule has 0 N–H and O–H groups in total. The Morgan fingerprint density at radius 2 is 2.11 bits per heavy atom. The first-order valence-electron chi connectivity index (χ1n) is 3.16. The summed E-state index contributed by atoms with van der Waals surface area (Å²) in [5.41, 5.74) is 0. The predicted molar refractivity (Wildman–Crippen MR) is 37.4 cm³/mol. The van der Waals surface area contributed by atoms with Crippen LogP contribution in [0.2, 0.25) is 0 Å². The van der Waals surface area contributed by atoms with Crippen molar-refractivity contribution in [2.75, 3.05) is 0 Å².